The van der Waals surface area contributed by atoms with Gasteiger partial charge in [-0.1, -0.05) is 40.2 Å². The first-order valence-corrected chi connectivity index (χ1v) is 8.49. The lowest BCUT2D eigenvalue weighted by atomic mass is 10.1. The summed E-state index contributed by atoms with van der Waals surface area (Å²) in [4.78, 5) is 14.0. The fraction of sp³-hybridized carbons (Fsp3) is 0.211. The van der Waals surface area contributed by atoms with Gasteiger partial charge in [-0.05, 0) is 35.4 Å². The van der Waals surface area contributed by atoms with Gasteiger partial charge < -0.3 is 14.4 Å². The molecule has 1 aliphatic rings. The Bertz CT molecular complexity index is 773. The second-order valence-electron chi connectivity index (χ2n) is 5.53. The second-order valence-corrected chi connectivity index (χ2v) is 6.38. The molecule has 0 atom stereocenters. The van der Waals surface area contributed by atoms with E-state index in [1.165, 1.54) is 0 Å². The molecule has 1 aliphatic heterocycles. The Hall–Kier alpha value is -2.27. The lowest BCUT2D eigenvalue weighted by molar-refractivity contribution is -0.125. The number of hydrogen-bond donors (Lipinski definition) is 0. The summed E-state index contributed by atoms with van der Waals surface area (Å²) in [5, 5.41) is 0. The molecule has 0 radical (unpaired) electrons. The molecule has 2 aromatic rings. The van der Waals surface area contributed by atoms with Gasteiger partial charge in [0, 0.05) is 24.1 Å². The van der Waals surface area contributed by atoms with E-state index in [2.05, 4.69) is 15.9 Å². The highest BCUT2D eigenvalue weighted by Crippen LogP contribution is 2.31. The van der Waals surface area contributed by atoms with Crippen molar-refractivity contribution in [2.24, 2.45) is 0 Å². The van der Waals surface area contributed by atoms with Gasteiger partial charge in [0.2, 0.25) is 5.91 Å². The van der Waals surface area contributed by atoms with E-state index >= 15 is 0 Å². The van der Waals surface area contributed by atoms with Crippen molar-refractivity contribution >= 4 is 27.9 Å². The molecule has 124 valence electrons. The van der Waals surface area contributed by atoms with Crippen LogP contribution in [0.3, 0.4) is 0 Å². The van der Waals surface area contributed by atoms with E-state index in [9.17, 15) is 4.79 Å². The zero-order chi connectivity index (χ0) is 16.9. The van der Waals surface area contributed by atoms with E-state index < -0.39 is 0 Å². The standard InChI is InChI=1S/C19H18BrNO3/c1-21(19(22)9-7-15-4-2-3-5-16(15)20)13-14-6-8-17-18(12-14)24-11-10-23-17/h2-9,12H,10-11,13H2,1H3/b9-7+. The van der Waals surface area contributed by atoms with Crippen LogP contribution in [-0.2, 0) is 11.3 Å². The Morgan fingerprint density at radius 1 is 1.17 bits per heavy atom. The highest BCUT2D eigenvalue weighted by molar-refractivity contribution is 9.10. The van der Waals surface area contributed by atoms with Crippen LogP contribution in [0.25, 0.3) is 6.08 Å². The highest BCUT2D eigenvalue weighted by atomic mass is 79.9. The smallest absolute Gasteiger partial charge is 0.246 e. The van der Waals surface area contributed by atoms with Gasteiger partial charge in [-0.15, -0.1) is 0 Å². The van der Waals surface area contributed by atoms with Crippen molar-refractivity contribution < 1.29 is 14.3 Å². The number of halogens is 1. The molecule has 0 aromatic heterocycles. The SMILES string of the molecule is CN(Cc1ccc2c(c1)OCCO2)C(=O)/C=C/c1ccccc1Br. The van der Waals surface area contributed by atoms with E-state index in [0.29, 0.717) is 19.8 Å². The molecule has 2 aromatic carbocycles. The van der Waals surface area contributed by atoms with Crippen LogP contribution in [0.1, 0.15) is 11.1 Å². The summed E-state index contributed by atoms with van der Waals surface area (Å²) in [7, 11) is 1.78. The fourth-order valence-electron chi connectivity index (χ4n) is 2.44. The fourth-order valence-corrected chi connectivity index (χ4v) is 2.85. The molecular weight excluding hydrogens is 370 g/mol. The molecule has 0 saturated carbocycles. The normalized spacial score (nSPS) is 13.1. The van der Waals surface area contributed by atoms with Gasteiger partial charge in [-0.3, -0.25) is 4.79 Å². The molecular formula is C19H18BrNO3. The van der Waals surface area contributed by atoms with Gasteiger partial charge in [-0.25, -0.2) is 0 Å². The van der Waals surface area contributed by atoms with Crippen LogP contribution >= 0.6 is 15.9 Å². The Labute approximate surface area is 149 Å². The highest BCUT2D eigenvalue weighted by Gasteiger charge is 2.13. The van der Waals surface area contributed by atoms with Gasteiger partial charge in [0.1, 0.15) is 13.2 Å². The maximum absolute atomic E-state index is 12.3. The van der Waals surface area contributed by atoms with Crippen LogP contribution in [0.15, 0.2) is 53.0 Å². The number of carbonyl (C=O) groups excluding carboxylic acids is 1. The lowest BCUT2D eigenvalue weighted by Crippen LogP contribution is -2.24. The van der Waals surface area contributed by atoms with Gasteiger partial charge in [0.25, 0.3) is 0 Å². The largest absolute Gasteiger partial charge is 0.486 e. The number of fused-ring (bicyclic) bond motifs is 1. The predicted molar refractivity (Wildman–Crippen MR) is 97.1 cm³/mol. The van der Waals surface area contributed by atoms with Crippen molar-refractivity contribution in [3.05, 3.63) is 64.1 Å². The quantitative estimate of drug-likeness (QED) is 0.746. The van der Waals surface area contributed by atoms with Gasteiger partial charge in [0.05, 0.1) is 0 Å². The summed E-state index contributed by atoms with van der Waals surface area (Å²) < 4.78 is 12.0. The zero-order valence-corrected chi connectivity index (χ0v) is 15.0. The molecule has 4 nitrogen and oxygen atoms in total. The summed E-state index contributed by atoms with van der Waals surface area (Å²) in [6.45, 7) is 1.64. The van der Waals surface area contributed by atoms with Gasteiger partial charge >= 0.3 is 0 Å². The molecule has 1 heterocycles. The molecule has 0 spiro atoms. The van der Waals surface area contributed by atoms with Crippen molar-refractivity contribution in [2.45, 2.75) is 6.54 Å². The first-order chi connectivity index (χ1) is 11.6. The third-order valence-corrected chi connectivity index (χ3v) is 4.44. The van der Waals surface area contributed by atoms with Crippen molar-refractivity contribution in [3.8, 4) is 11.5 Å². The van der Waals surface area contributed by atoms with Crippen LogP contribution in [0.2, 0.25) is 0 Å². The Balaban J connectivity index is 1.65. The molecule has 0 N–H and O–H groups in total. The number of nitrogens with zero attached hydrogens (tertiary/aromatic N) is 1. The molecule has 0 saturated heterocycles. The van der Waals surface area contributed by atoms with E-state index in [0.717, 1.165) is 27.1 Å². The molecule has 0 fully saturated rings. The van der Waals surface area contributed by atoms with Crippen molar-refractivity contribution in [2.75, 3.05) is 20.3 Å². The summed E-state index contributed by atoms with van der Waals surface area (Å²) in [5.74, 6) is 1.44. The third-order valence-electron chi connectivity index (χ3n) is 3.71. The molecule has 0 unspecified atom stereocenters. The van der Waals surface area contributed by atoms with E-state index in [1.54, 1.807) is 18.0 Å². The average molecular weight is 388 g/mol. The maximum atomic E-state index is 12.3. The summed E-state index contributed by atoms with van der Waals surface area (Å²) in [6.07, 6.45) is 3.39. The predicted octanol–water partition coefficient (Wildman–Crippen LogP) is 3.89. The summed E-state index contributed by atoms with van der Waals surface area (Å²) in [5.41, 5.74) is 1.97. The maximum Gasteiger partial charge on any atom is 0.246 e. The van der Waals surface area contributed by atoms with Gasteiger partial charge in [0.15, 0.2) is 11.5 Å². The monoisotopic (exact) mass is 387 g/mol. The molecule has 24 heavy (non-hydrogen) atoms. The minimum Gasteiger partial charge on any atom is -0.486 e. The average Bonchev–Trinajstić information content (AvgIpc) is 2.60. The molecule has 1 amide bonds. The van der Waals surface area contributed by atoms with E-state index in [1.807, 2.05) is 48.5 Å². The van der Waals surface area contributed by atoms with Gasteiger partial charge in [-0.2, -0.15) is 0 Å². The summed E-state index contributed by atoms with van der Waals surface area (Å²) in [6, 6.07) is 13.5. The van der Waals surface area contributed by atoms with Crippen LogP contribution < -0.4 is 9.47 Å². The number of hydrogen-bond acceptors (Lipinski definition) is 3. The van der Waals surface area contributed by atoms with Crippen LogP contribution in [0.5, 0.6) is 11.5 Å². The Morgan fingerprint density at radius 2 is 1.92 bits per heavy atom. The Kier molecular flexibility index (Phi) is 5.20. The first-order valence-electron chi connectivity index (χ1n) is 7.70. The number of rotatable bonds is 4. The number of likely N-dealkylation sites (N-methyl/N-ethyl adjacent to an activating group) is 1. The van der Waals surface area contributed by atoms with Crippen LogP contribution in [0, 0.1) is 0 Å². The number of benzene rings is 2. The van der Waals surface area contributed by atoms with Crippen molar-refractivity contribution in [3.63, 3.8) is 0 Å². The van der Waals surface area contributed by atoms with Crippen LogP contribution in [-0.4, -0.2) is 31.1 Å². The minimum atomic E-state index is -0.0550. The molecule has 0 bridgehead atoms. The third kappa shape index (κ3) is 3.97. The zero-order valence-electron chi connectivity index (χ0n) is 13.4. The lowest BCUT2D eigenvalue weighted by Gasteiger charge is -2.20. The van der Waals surface area contributed by atoms with Crippen molar-refractivity contribution in [1.29, 1.82) is 0 Å². The van der Waals surface area contributed by atoms with E-state index in [4.69, 9.17) is 9.47 Å². The second kappa shape index (κ2) is 7.53. The topological polar surface area (TPSA) is 38.8 Å². The molecule has 0 aliphatic carbocycles. The molecule has 3 rings (SSSR count). The summed E-state index contributed by atoms with van der Waals surface area (Å²) >= 11 is 3.47. The number of amides is 1. The van der Waals surface area contributed by atoms with Crippen molar-refractivity contribution in [1.82, 2.24) is 4.90 Å². The molecule has 5 heteroatoms. The first kappa shape index (κ1) is 16.6. The van der Waals surface area contributed by atoms with E-state index in [-0.39, 0.29) is 5.91 Å². The minimum absolute atomic E-state index is 0.0550. The number of ether oxygens (including phenoxy) is 2. The Morgan fingerprint density at radius 3 is 2.71 bits per heavy atom. The number of carbonyl (C=O) groups is 1. The van der Waals surface area contributed by atoms with Crippen LogP contribution in [0.4, 0.5) is 0 Å².